The molecule has 1 saturated carbocycles. The van der Waals surface area contributed by atoms with Gasteiger partial charge in [0.2, 0.25) is 17.6 Å². The molecule has 2 aliphatic rings. The maximum Gasteiger partial charge on any atom is 0.290 e. The minimum atomic E-state index is -0.987. The lowest BCUT2D eigenvalue weighted by molar-refractivity contribution is -0.146. The third kappa shape index (κ3) is 6.45. The number of nitrogens with zero attached hydrogens (tertiary/aromatic N) is 3. The molecule has 1 aromatic carbocycles. The number of aryl methyl sites for hydroxylation is 1. The summed E-state index contributed by atoms with van der Waals surface area (Å²) in [5.41, 5.74) is 4.28. The van der Waals surface area contributed by atoms with Gasteiger partial charge in [-0.2, -0.15) is 0 Å². The Kier molecular flexibility index (Phi) is 8.74. The van der Waals surface area contributed by atoms with Crippen LogP contribution in [-0.2, 0) is 19.8 Å². The molecule has 0 spiro atoms. The van der Waals surface area contributed by atoms with Crippen LogP contribution >= 0.6 is 11.3 Å². The normalized spacial score (nSPS) is 21.4. The monoisotopic (exact) mass is 592 g/mol. The van der Waals surface area contributed by atoms with Crippen molar-refractivity contribution in [3.05, 3.63) is 51.9 Å². The van der Waals surface area contributed by atoms with Gasteiger partial charge in [-0.25, -0.2) is 11.6 Å². The number of aliphatic hydroxyl groups excluding tert-OH is 1. The number of aliphatic hydroxyl groups is 1. The van der Waals surface area contributed by atoms with Gasteiger partial charge in [0.15, 0.2) is 0 Å². The Morgan fingerprint density at radius 2 is 1.88 bits per heavy atom. The smallest absolute Gasteiger partial charge is 0.290 e. The number of hydrogen-bond donors (Lipinski definition) is 2. The molecule has 9 heteroatoms. The second-order valence-electron chi connectivity index (χ2n) is 14.1. The largest absolute Gasteiger partial charge is 0.391 e. The summed E-state index contributed by atoms with van der Waals surface area (Å²) in [6.45, 7) is 23.6. The number of benzene rings is 1. The minimum Gasteiger partial charge on any atom is -0.391 e. The SMILES string of the molecule is [C-]#[N+]C1(C(=O)C[C@H](C(=O)N2C[C@H](O)C[C@H]2C(=O)N[C@@H](C)c2ccc(-c3scnc3C)cc2C(C)(C)C)C(C)(C)C)CC1. The Bertz CT molecular complexity index is 1410. The highest BCUT2D eigenvalue weighted by Gasteiger charge is 2.59. The molecule has 42 heavy (non-hydrogen) atoms. The molecule has 1 aliphatic heterocycles. The van der Waals surface area contributed by atoms with Crippen LogP contribution in [0.3, 0.4) is 0 Å². The van der Waals surface area contributed by atoms with E-state index < -0.39 is 29.0 Å². The van der Waals surface area contributed by atoms with Crippen LogP contribution in [0.15, 0.2) is 23.7 Å². The molecule has 4 atom stereocenters. The molecule has 1 saturated heterocycles. The van der Waals surface area contributed by atoms with Crippen LogP contribution in [0.25, 0.3) is 15.3 Å². The standard InChI is InChI=1S/C33H44N4O4S/c1-19(23-11-10-21(14-24(23)31(3,4)5)28-20(2)35-18-42-28)36-29(40)26-15-22(38)17-37(26)30(41)25(32(6,7)8)16-27(39)33(34-9)12-13-33/h10-11,14,18-19,22,25-26,38H,12-13,15-17H2,1-8H3,(H,36,40)/t19-,22+,25+,26-/m0/s1. The van der Waals surface area contributed by atoms with Crippen molar-refractivity contribution in [1.29, 1.82) is 0 Å². The molecule has 226 valence electrons. The van der Waals surface area contributed by atoms with Gasteiger partial charge in [-0.1, -0.05) is 53.7 Å². The van der Waals surface area contributed by atoms with Crippen LogP contribution in [0, 0.1) is 24.8 Å². The molecule has 0 bridgehead atoms. The second kappa shape index (κ2) is 11.5. The lowest BCUT2D eigenvalue weighted by Gasteiger charge is -2.35. The average Bonchev–Trinajstić information content (AvgIpc) is 3.44. The highest BCUT2D eigenvalue weighted by Crippen LogP contribution is 2.44. The van der Waals surface area contributed by atoms with E-state index in [0.29, 0.717) is 12.8 Å². The fraction of sp³-hybridized carbons (Fsp3) is 0.606. The number of thiazole rings is 1. The lowest BCUT2D eigenvalue weighted by atomic mass is 9.76. The van der Waals surface area contributed by atoms with Crippen molar-refractivity contribution < 1.29 is 19.5 Å². The minimum absolute atomic E-state index is 0.0379. The van der Waals surface area contributed by atoms with E-state index in [1.807, 2.05) is 40.1 Å². The molecule has 0 unspecified atom stereocenters. The van der Waals surface area contributed by atoms with Crippen LogP contribution in [0.5, 0.6) is 0 Å². The Hall–Kier alpha value is -3.09. The van der Waals surface area contributed by atoms with E-state index in [0.717, 1.165) is 27.3 Å². The van der Waals surface area contributed by atoms with Crippen molar-refractivity contribution in [3.8, 4) is 10.4 Å². The summed E-state index contributed by atoms with van der Waals surface area (Å²) in [6.07, 6.45) is 0.334. The Morgan fingerprint density at radius 3 is 2.40 bits per heavy atom. The predicted molar refractivity (Wildman–Crippen MR) is 165 cm³/mol. The van der Waals surface area contributed by atoms with E-state index in [9.17, 15) is 19.5 Å². The third-order valence-electron chi connectivity index (χ3n) is 8.75. The number of likely N-dealkylation sites (tertiary alicyclic amines) is 1. The van der Waals surface area contributed by atoms with Crippen LogP contribution in [0.2, 0.25) is 0 Å². The predicted octanol–water partition coefficient (Wildman–Crippen LogP) is 5.63. The zero-order chi connectivity index (χ0) is 31.2. The first-order chi connectivity index (χ1) is 19.5. The van der Waals surface area contributed by atoms with Gasteiger partial charge in [-0.05, 0) is 47.4 Å². The lowest BCUT2D eigenvalue weighted by Crippen LogP contribution is -2.50. The summed E-state index contributed by atoms with van der Waals surface area (Å²) in [5, 5.41) is 13.7. The molecule has 2 fully saturated rings. The van der Waals surface area contributed by atoms with Gasteiger partial charge >= 0.3 is 0 Å². The van der Waals surface area contributed by atoms with Gasteiger partial charge in [-0.3, -0.25) is 14.4 Å². The van der Waals surface area contributed by atoms with Crippen molar-refractivity contribution in [1.82, 2.24) is 15.2 Å². The molecule has 1 aromatic heterocycles. The Labute approximate surface area is 253 Å². The maximum absolute atomic E-state index is 13.9. The van der Waals surface area contributed by atoms with E-state index >= 15 is 0 Å². The number of amides is 2. The molecular formula is C33H44N4O4S. The van der Waals surface area contributed by atoms with Crippen molar-refractivity contribution >= 4 is 28.9 Å². The van der Waals surface area contributed by atoms with Crippen molar-refractivity contribution in [2.45, 2.75) is 110 Å². The molecule has 2 aromatic rings. The summed E-state index contributed by atoms with van der Waals surface area (Å²) < 4.78 is 0. The maximum atomic E-state index is 13.9. The van der Waals surface area contributed by atoms with Crippen LogP contribution in [-0.4, -0.2) is 56.8 Å². The first-order valence-corrected chi connectivity index (χ1v) is 15.6. The third-order valence-corrected chi connectivity index (χ3v) is 9.73. The molecular weight excluding hydrogens is 548 g/mol. The number of carbonyl (C=O) groups is 3. The average molecular weight is 593 g/mol. The molecule has 2 heterocycles. The fourth-order valence-corrected chi connectivity index (χ4v) is 6.71. The van der Waals surface area contributed by atoms with Gasteiger partial charge < -0.3 is 20.2 Å². The molecule has 1 aliphatic carbocycles. The highest BCUT2D eigenvalue weighted by atomic mass is 32.1. The zero-order valence-corrected chi connectivity index (χ0v) is 26.9. The van der Waals surface area contributed by atoms with Gasteiger partial charge in [0.05, 0.1) is 34.1 Å². The van der Waals surface area contributed by atoms with E-state index in [-0.39, 0.29) is 48.4 Å². The molecule has 2 amide bonds. The van der Waals surface area contributed by atoms with Crippen molar-refractivity contribution in [2.75, 3.05) is 6.54 Å². The topological polar surface area (TPSA) is 104 Å². The van der Waals surface area contributed by atoms with Crippen LogP contribution < -0.4 is 5.32 Å². The molecule has 8 nitrogen and oxygen atoms in total. The van der Waals surface area contributed by atoms with E-state index in [2.05, 4.69) is 54.1 Å². The number of β-amino-alcohol motifs (C(OH)–C–C–N with tert-alkyl or cyclic N) is 1. The number of rotatable bonds is 8. The summed E-state index contributed by atoms with van der Waals surface area (Å²) in [5.74, 6) is -1.54. The Balaban J connectivity index is 1.56. The van der Waals surface area contributed by atoms with Gasteiger partial charge in [-0.15, -0.1) is 11.3 Å². The molecule has 2 N–H and O–H groups in total. The number of Topliss-reactive ketones (excluding diaryl/α,β-unsaturated/α-hetero) is 1. The highest BCUT2D eigenvalue weighted by molar-refractivity contribution is 7.13. The van der Waals surface area contributed by atoms with E-state index in [1.54, 1.807) is 11.3 Å². The van der Waals surface area contributed by atoms with Crippen molar-refractivity contribution in [3.63, 3.8) is 0 Å². The van der Waals surface area contributed by atoms with Crippen LogP contribution in [0.1, 0.15) is 97.0 Å². The number of ketones is 1. The van der Waals surface area contributed by atoms with Gasteiger partial charge in [0.25, 0.3) is 5.54 Å². The number of nitrogens with one attached hydrogen (secondary N) is 1. The first-order valence-electron chi connectivity index (χ1n) is 14.7. The summed E-state index contributed by atoms with van der Waals surface area (Å²) in [6, 6.07) is 5.10. The zero-order valence-electron chi connectivity index (χ0n) is 26.1. The quantitative estimate of drug-likeness (QED) is 0.387. The fourth-order valence-electron chi connectivity index (χ4n) is 5.91. The molecule has 4 rings (SSSR count). The number of aromatic nitrogens is 1. The second-order valence-corrected chi connectivity index (χ2v) is 15.0. The number of hydrogen-bond acceptors (Lipinski definition) is 6. The van der Waals surface area contributed by atoms with Gasteiger partial charge in [0.1, 0.15) is 6.04 Å². The van der Waals surface area contributed by atoms with Crippen molar-refractivity contribution in [2.24, 2.45) is 11.3 Å². The summed E-state index contributed by atoms with van der Waals surface area (Å²) >= 11 is 1.60. The first kappa shape index (κ1) is 31.8. The Morgan fingerprint density at radius 1 is 1.21 bits per heavy atom. The van der Waals surface area contributed by atoms with Crippen LogP contribution in [0.4, 0.5) is 0 Å². The van der Waals surface area contributed by atoms with E-state index in [4.69, 9.17) is 6.57 Å². The summed E-state index contributed by atoms with van der Waals surface area (Å²) in [7, 11) is 0. The molecule has 0 radical (unpaired) electrons. The summed E-state index contributed by atoms with van der Waals surface area (Å²) in [4.78, 5) is 51.2. The number of carbonyl (C=O) groups excluding carboxylic acids is 3. The van der Waals surface area contributed by atoms with Gasteiger partial charge in [0, 0.05) is 32.2 Å². The van der Waals surface area contributed by atoms with E-state index in [1.165, 1.54) is 4.90 Å².